The van der Waals surface area contributed by atoms with E-state index in [-0.39, 0.29) is 6.04 Å². The van der Waals surface area contributed by atoms with E-state index in [0.29, 0.717) is 5.92 Å². The quantitative estimate of drug-likeness (QED) is 0.579. The Bertz CT molecular complexity index is 165. The van der Waals surface area contributed by atoms with Crippen LogP contribution >= 0.6 is 0 Å². The molecule has 0 amide bonds. The number of allylic oxidation sites excluding steroid dienone is 1. The lowest BCUT2D eigenvalue weighted by molar-refractivity contribution is 0.290. The van der Waals surface area contributed by atoms with Crippen molar-refractivity contribution in [3.05, 3.63) is 11.6 Å². The van der Waals surface area contributed by atoms with Gasteiger partial charge in [-0.05, 0) is 24.8 Å². The lowest BCUT2D eigenvalue weighted by Crippen LogP contribution is -2.36. The van der Waals surface area contributed by atoms with Crippen LogP contribution < -0.4 is 5.73 Å². The number of nitrogens with two attached hydrogens (primary N) is 1. The molecule has 64 valence electrons. The monoisotopic (exact) mass is 157 g/mol. The Kier molecular flexibility index (Phi) is 2.66. The van der Waals surface area contributed by atoms with Crippen LogP contribution in [0.4, 0.5) is 4.39 Å². The van der Waals surface area contributed by atoms with Gasteiger partial charge < -0.3 is 5.73 Å². The normalized spacial score (nSPS) is 38.5. The van der Waals surface area contributed by atoms with Crippen molar-refractivity contribution in [3.63, 3.8) is 0 Å². The van der Waals surface area contributed by atoms with Gasteiger partial charge in [-0.25, -0.2) is 4.39 Å². The fraction of sp³-hybridized carbons (Fsp3) is 0.778. The minimum atomic E-state index is -0.916. The van der Waals surface area contributed by atoms with Gasteiger partial charge in [-0.15, -0.1) is 0 Å². The molecule has 3 unspecified atom stereocenters. The molecule has 0 radical (unpaired) electrons. The first-order valence-electron chi connectivity index (χ1n) is 4.25. The van der Waals surface area contributed by atoms with E-state index in [2.05, 4.69) is 13.8 Å². The van der Waals surface area contributed by atoms with Gasteiger partial charge in [0.25, 0.3) is 0 Å². The summed E-state index contributed by atoms with van der Waals surface area (Å²) in [6.07, 6.45) is 2.52. The molecule has 0 fully saturated rings. The molecule has 0 heterocycles. The first kappa shape index (κ1) is 8.72. The summed E-state index contributed by atoms with van der Waals surface area (Å²) in [5, 5.41) is 0. The Morgan fingerprint density at radius 3 is 2.91 bits per heavy atom. The SMILES string of the molecule is CCC1=CC(F)C(N)CC1C. The van der Waals surface area contributed by atoms with Gasteiger partial charge in [0.15, 0.2) is 0 Å². The average molecular weight is 157 g/mol. The van der Waals surface area contributed by atoms with E-state index in [9.17, 15) is 4.39 Å². The molecule has 11 heavy (non-hydrogen) atoms. The first-order valence-corrected chi connectivity index (χ1v) is 4.25. The van der Waals surface area contributed by atoms with Crippen LogP contribution in [0.15, 0.2) is 11.6 Å². The minimum Gasteiger partial charge on any atom is -0.325 e. The predicted molar refractivity (Wildman–Crippen MR) is 45.0 cm³/mol. The largest absolute Gasteiger partial charge is 0.325 e. The maximum absolute atomic E-state index is 13.0. The van der Waals surface area contributed by atoms with Gasteiger partial charge in [0.1, 0.15) is 6.17 Å². The van der Waals surface area contributed by atoms with E-state index in [1.807, 2.05) is 0 Å². The van der Waals surface area contributed by atoms with E-state index in [1.54, 1.807) is 6.08 Å². The molecule has 1 aliphatic rings. The second kappa shape index (κ2) is 3.35. The van der Waals surface area contributed by atoms with Crippen LogP contribution in [0.5, 0.6) is 0 Å². The average Bonchev–Trinajstić information content (AvgIpc) is 1.97. The zero-order chi connectivity index (χ0) is 8.43. The van der Waals surface area contributed by atoms with Crippen LogP contribution in [0.3, 0.4) is 0 Å². The summed E-state index contributed by atoms with van der Waals surface area (Å²) in [5.74, 6) is 0.474. The van der Waals surface area contributed by atoms with Crippen molar-refractivity contribution in [1.82, 2.24) is 0 Å². The number of hydrogen-bond acceptors (Lipinski definition) is 1. The van der Waals surface area contributed by atoms with Crippen LogP contribution in [-0.4, -0.2) is 12.2 Å². The molecule has 2 heteroatoms. The smallest absolute Gasteiger partial charge is 0.134 e. The fourth-order valence-corrected chi connectivity index (χ4v) is 1.65. The van der Waals surface area contributed by atoms with E-state index in [4.69, 9.17) is 5.73 Å². The standard InChI is InChI=1S/C9H16FN/c1-3-7-5-8(10)9(11)4-6(7)2/h5-6,8-9H,3-4,11H2,1-2H3. The molecule has 0 bridgehead atoms. The minimum absolute atomic E-state index is 0.278. The molecule has 0 aromatic rings. The summed E-state index contributed by atoms with van der Waals surface area (Å²) in [6, 6.07) is -0.278. The molecule has 2 N–H and O–H groups in total. The van der Waals surface area contributed by atoms with Gasteiger partial charge >= 0.3 is 0 Å². The molecule has 0 aromatic carbocycles. The highest BCUT2D eigenvalue weighted by Gasteiger charge is 2.24. The summed E-state index contributed by atoms with van der Waals surface area (Å²) < 4.78 is 13.0. The molecule has 1 rings (SSSR count). The maximum atomic E-state index is 13.0. The fourth-order valence-electron chi connectivity index (χ4n) is 1.65. The van der Waals surface area contributed by atoms with Crippen molar-refractivity contribution in [3.8, 4) is 0 Å². The molecular weight excluding hydrogens is 141 g/mol. The zero-order valence-electron chi connectivity index (χ0n) is 7.18. The molecule has 0 saturated carbocycles. The highest BCUT2D eigenvalue weighted by Crippen LogP contribution is 2.27. The highest BCUT2D eigenvalue weighted by atomic mass is 19.1. The van der Waals surface area contributed by atoms with Crippen LogP contribution in [0.2, 0.25) is 0 Å². The number of alkyl halides is 1. The molecule has 0 saturated heterocycles. The second-order valence-corrected chi connectivity index (χ2v) is 3.34. The Balaban J connectivity index is 2.70. The van der Waals surface area contributed by atoms with Crippen LogP contribution in [0, 0.1) is 5.92 Å². The highest BCUT2D eigenvalue weighted by molar-refractivity contribution is 5.14. The third kappa shape index (κ3) is 1.80. The zero-order valence-corrected chi connectivity index (χ0v) is 7.18. The van der Waals surface area contributed by atoms with Crippen molar-refractivity contribution in [2.75, 3.05) is 0 Å². The predicted octanol–water partition coefficient (Wildman–Crippen LogP) is 2.03. The summed E-state index contributed by atoms with van der Waals surface area (Å²) in [5.41, 5.74) is 6.79. The topological polar surface area (TPSA) is 26.0 Å². The molecule has 0 aromatic heterocycles. The van der Waals surface area contributed by atoms with Crippen molar-refractivity contribution in [2.24, 2.45) is 11.7 Å². The Hall–Kier alpha value is -0.370. The Labute approximate surface area is 67.5 Å². The van der Waals surface area contributed by atoms with Gasteiger partial charge in [0, 0.05) is 6.04 Å². The summed E-state index contributed by atoms with van der Waals surface area (Å²) >= 11 is 0. The van der Waals surface area contributed by atoms with Crippen LogP contribution in [-0.2, 0) is 0 Å². The lowest BCUT2D eigenvalue weighted by Gasteiger charge is -2.27. The molecule has 1 nitrogen and oxygen atoms in total. The summed E-state index contributed by atoms with van der Waals surface area (Å²) in [6.45, 7) is 4.17. The van der Waals surface area contributed by atoms with Crippen LogP contribution in [0.1, 0.15) is 26.7 Å². The molecule has 0 spiro atoms. The second-order valence-electron chi connectivity index (χ2n) is 3.34. The summed E-state index contributed by atoms with van der Waals surface area (Å²) in [4.78, 5) is 0. The molecule has 1 aliphatic carbocycles. The van der Waals surface area contributed by atoms with Crippen molar-refractivity contribution in [2.45, 2.75) is 38.9 Å². The number of halogens is 1. The van der Waals surface area contributed by atoms with Crippen molar-refractivity contribution >= 4 is 0 Å². The molecule has 3 atom stereocenters. The lowest BCUT2D eigenvalue weighted by atomic mass is 9.84. The van der Waals surface area contributed by atoms with Crippen molar-refractivity contribution in [1.29, 1.82) is 0 Å². The van der Waals surface area contributed by atoms with Gasteiger partial charge in [-0.1, -0.05) is 19.4 Å². The van der Waals surface area contributed by atoms with Gasteiger partial charge in [0.2, 0.25) is 0 Å². The number of hydrogen-bond donors (Lipinski definition) is 1. The van der Waals surface area contributed by atoms with Gasteiger partial charge in [-0.2, -0.15) is 0 Å². The Morgan fingerprint density at radius 1 is 1.73 bits per heavy atom. The maximum Gasteiger partial charge on any atom is 0.134 e. The van der Waals surface area contributed by atoms with Gasteiger partial charge in [0.05, 0.1) is 0 Å². The van der Waals surface area contributed by atoms with Gasteiger partial charge in [-0.3, -0.25) is 0 Å². The van der Waals surface area contributed by atoms with E-state index in [1.165, 1.54) is 5.57 Å². The Morgan fingerprint density at radius 2 is 2.36 bits per heavy atom. The summed E-state index contributed by atoms with van der Waals surface area (Å²) in [7, 11) is 0. The first-order chi connectivity index (χ1) is 5.15. The number of rotatable bonds is 1. The van der Waals surface area contributed by atoms with E-state index >= 15 is 0 Å². The van der Waals surface area contributed by atoms with Crippen LogP contribution in [0.25, 0.3) is 0 Å². The van der Waals surface area contributed by atoms with Crippen molar-refractivity contribution < 1.29 is 4.39 Å². The third-order valence-corrected chi connectivity index (χ3v) is 2.45. The van der Waals surface area contributed by atoms with E-state index in [0.717, 1.165) is 12.8 Å². The third-order valence-electron chi connectivity index (χ3n) is 2.45. The van der Waals surface area contributed by atoms with E-state index < -0.39 is 6.17 Å². The molecule has 0 aliphatic heterocycles. The molecular formula is C9H16FN.